The lowest BCUT2D eigenvalue weighted by Crippen LogP contribution is -2.45. The molecule has 0 aliphatic carbocycles. The van der Waals surface area contributed by atoms with Crippen LogP contribution in [-0.4, -0.2) is 43.1 Å². The van der Waals surface area contributed by atoms with Crippen LogP contribution in [0.4, 0.5) is 5.95 Å². The number of thiophene rings is 1. The number of aliphatic hydroxyl groups is 1. The van der Waals surface area contributed by atoms with Crippen LogP contribution in [0.25, 0.3) is 16.7 Å². The fraction of sp³-hybridized carbons (Fsp3) is 0.320. The number of rotatable bonds is 12. The van der Waals surface area contributed by atoms with E-state index in [0.29, 0.717) is 30.1 Å². The van der Waals surface area contributed by atoms with Crippen molar-refractivity contribution in [3.8, 4) is 5.69 Å². The quantitative estimate of drug-likeness (QED) is 0.268. The van der Waals surface area contributed by atoms with E-state index in [9.17, 15) is 9.90 Å². The van der Waals surface area contributed by atoms with Gasteiger partial charge in [-0.15, -0.1) is 6.58 Å². The van der Waals surface area contributed by atoms with Crippen molar-refractivity contribution in [1.82, 2.24) is 24.6 Å². The highest BCUT2D eigenvalue weighted by Crippen LogP contribution is 2.19. The van der Waals surface area contributed by atoms with E-state index in [1.807, 2.05) is 55.8 Å². The summed E-state index contributed by atoms with van der Waals surface area (Å²) in [5, 5.41) is 20.5. The van der Waals surface area contributed by atoms with Crippen molar-refractivity contribution in [2.45, 2.75) is 39.3 Å². The van der Waals surface area contributed by atoms with Gasteiger partial charge in [0, 0.05) is 29.4 Å². The fourth-order valence-electron chi connectivity index (χ4n) is 3.24. The number of nitrogens with one attached hydrogen (secondary N) is 2. The van der Waals surface area contributed by atoms with Gasteiger partial charge in [0.25, 0.3) is 5.56 Å². The molecule has 9 heteroatoms. The molecule has 1 atom stereocenters. The number of hydrogen-bond acceptors (Lipinski definition) is 7. The zero-order chi connectivity index (χ0) is 24.7. The molecule has 3 aromatic rings. The number of allylic oxidation sites excluding steroid dienone is 3. The molecule has 3 aromatic heterocycles. The number of anilines is 1. The van der Waals surface area contributed by atoms with E-state index < -0.39 is 0 Å². The van der Waals surface area contributed by atoms with Gasteiger partial charge in [0.05, 0.1) is 18.8 Å². The average Bonchev–Trinajstić information content (AvgIpc) is 3.47. The second kappa shape index (κ2) is 11.2. The third-order valence-electron chi connectivity index (χ3n) is 5.67. The van der Waals surface area contributed by atoms with Gasteiger partial charge in [-0.2, -0.15) is 16.3 Å². The van der Waals surface area contributed by atoms with Crippen LogP contribution in [0.15, 0.2) is 76.5 Å². The van der Waals surface area contributed by atoms with E-state index >= 15 is 0 Å². The lowest BCUT2D eigenvalue weighted by atomic mass is 10.00. The molecule has 0 aliphatic rings. The standard InChI is InChI=1S/C25H32N6O2S/c1-6-12-30-23(33)21-15-26-24(29-22(21)31(30)20-11-13-34-16-20)28-19(7-2)10-9-18(4)14-27-25(5,8-3)17-32/h6-7,9-11,13,15-16,27,32H,1,4,8,12,14,17H2,2-3,5H3,(H,26,28,29)/b10-9-,19-7+. The molecule has 0 amide bonds. The van der Waals surface area contributed by atoms with E-state index in [0.717, 1.165) is 23.4 Å². The molecule has 0 fully saturated rings. The SMILES string of the molecule is C=CCn1c(=O)c2cnc(NC(/C=C\C(=C)CNC(C)(CC)CO)=C/C)nc2n1-c1ccsc1. The molecular weight excluding hydrogens is 448 g/mol. The van der Waals surface area contributed by atoms with Gasteiger partial charge in [-0.05, 0) is 43.4 Å². The zero-order valence-electron chi connectivity index (χ0n) is 19.9. The normalized spacial score (nSPS) is 13.9. The van der Waals surface area contributed by atoms with Crippen molar-refractivity contribution in [3.63, 3.8) is 0 Å². The smallest absolute Gasteiger partial charge is 0.278 e. The Labute approximate surface area is 203 Å². The van der Waals surface area contributed by atoms with Gasteiger partial charge >= 0.3 is 0 Å². The second-order valence-electron chi connectivity index (χ2n) is 8.19. The average molecular weight is 481 g/mol. The van der Waals surface area contributed by atoms with Gasteiger partial charge in [0.2, 0.25) is 5.95 Å². The van der Waals surface area contributed by atoms with Crippen molar-refractivity contribution >= 4 is 28.3 Å². The summed E-state index contributed by atoms with van der Waals surface area (Å²) < 4.78 is 3.40. The summed E-state index contributed by atoms with van der Waals surface area (Å²) in [6, 6.07) is 1.94. The summed E-state index contributed by atoms with van der Waals surface area (Å²) in [4.78, 5) is 21.9. The number of aliphatic hydroxyl groups excluding tert-OH is 1. The molecule has 0 saturated carbocycles. The van der Waals surface area contributed by atoms with E-state index in [2.05, 4.69) is 33.8 Å². The molecule has 8 nitrogen and oxygen atoms in total. The number of fused-ring (bicyclic) bond motifs is 1. The van der Waals surface area contributed by atoms with Crippen molar-refractivity contribution in [3.05, 3.63) is 82.1 Å². The third kappa shape index (κ3) is 5.61. The first-order valence-corrected chi connectivity index (χ1v) is 12.1. The van der Waals surface area contributed by atoms with Crippen LogP contribution in [0.1, 0.15) is 27.2 Å². The maximum absolute atomic E-state index is 12.9. The Kier molecular flexibility index (Phi) is 8.38. The summed E-state index contributed by atoms with van der Waals surface area (Å²) in [6.45, 7) is 14.8. The Morgan fingerprint density at radius 1 is 1.38 bits per heavy atom. The second-order valence-corrected chi connectivity index (χ2v) is 8.97. The summed E-state index contributed by atoms with van der Waals surface area (Å²) >= 11 is 1.55. The van der Waals surface area contributed by atoms with Crippen LogP contribution in [0.3, 0.4) is 0 Å². The number of nitrogens with zero attached hydrogens (tertiary/aromatic N) is 4. The molecular formula is C25H32N6O2S. The third-order valence-corrected chi connectivity index (χ3v) is 6.34. The van der Waals surface area contributed by atoms with Gasteiger partial charge in [-0.25, -0.2) is 14.3 Å². The first kappa shape index (κ1) is 25.4. The Morgan fingerprint density at radius 2 is 2.18 bits per heavy atom. The predicted octanol–water partition coefficient (Wildman–Crippen LogP) is 4.01. The molecule has 0 spiro atoms. The van der Waals surface area contributed by atoms with Crippen LogP contribution in [-0.2, 0) is 6.54 Å². The van der Waals surface area contributed by atoms with E-state index in [4.69, 9.17) is 0 Å². The Hall–Kier alpha value is -3.27. The highest BCUT2D eigenvalue weighted by Gasteiger charge is 2.19. The van der Waals surface area contributed by atoms with Crippen LogP contribution in [0, 0.1) is 0 Å². The summed E-state index contributed by atoms with van der Waals surface area (Å²) in [5.41, 5.74) is 2.56. The largest absolute Gasteiger partial charge is 0.394 e. The van der Waals surface area contributed by atoms with Gasteiger partial charge < -0.3 is 15.7 Å². The summed E-state index contributed by atoms with van der Waals surface area (Å²) in [6.07, 6.45) is 9.76. The monoisotopic (exact) mass is 480 g/mol. The molecule has 3 heterocycles. The van der Waals surface area contributed by atoms with Gasteiger partial charge in [-0.1, -0.05) is 31.7 Å². The number of hydrogen-bond donors (Lipinski definition) is 3. The molecule has 0 aliphatic heterocycles. The van der Waals surface area contributed by atoms with Crippen LogP contribution in [0.5, 0.6) is 0 Å². The van der Waals surface area contributed by atoms with Gasteiger partial charge in [-0.3, -0.25) is 4.79 Å². The van der Waals surface area contributed by atoms with Crippen molar-refractivity contribution in [2.24, 2.45) is 0 Å². The fourth-order valence-corrected chi connectivity index (χ4v) is 3.86. The lowest BCUT2D eigenvalue weighted by Gasteiger charge is -2.27. The molecule has 180 valence electrons. The van der Waals surface area contributed by atoms with Crippen molar-refractivity contribution in [2.75, 3.05) is 18.5 Å². The molecule has 34 heavy (non-hydrogen) atoms. The lowest BCUT2D eigenvalue weighted by molar-refractivity contribution is 0.174. The molecule has 0 saturated heterocycles. The summed E-state index contributed by atoms with van der Waals surface area (Å²) in [5.74, 6) is 0.382. The molecule has 0 aromatic carbocycles. The van der Waals surface area contributed by atoms with E-state index in [-0.39, 0.29) is 17.7 Å². The Morgan fingerprint density at radius 3 is 2.79 bits per heavy atom. The van der Waals surface area contributed by atoms with Crippen LogP contribution in [0.2, 0.25) is 0 Å². The van der Waals surface area contributed by atoms with Gasteiger partial charge in [0.1, 0.15) is 5.39 Å². The summed E-state index contributed by atoms with van der Waals surface area (Å²) in [7, 11) is 0. The Balaban J connectivity index is 1.83. The molecule has 3 rings (SSSR count). The minimum absolute atomic E-state index is 0.0625. The van der Waals surface area contributed by atoms with Gasteiger partial charge in [0.15, 0.2) is 5.65 Å². The molecule has 0 bridgehead atoms. The maximum atomic E-state index is 12.9. The van der Waals surface area contributed by atoms with Crippen LogP contribution >= 0.6 is 11.3 Å². The highest BCUT2D eigenvalue weighted by atomic mass is 32.1. The predicted molar refractivity (Wildman–Crippen MR) is 141 cm³/mol. The van der Waals surface area contributed by atoms with Crippen molar-refractivity contribution < 1.29 is 5.11 Å². The van der Waals surface area contributed by atoms with E-state index in [1.54, 1.807) is 33.0 Å². The van der Waals surface area contributed by atoms with Crippen molar-refractivity contribution in [1.29, 1.82) is 0 Å². The first-order chi connectivity index (χ1) is 16.4. The minimum atomic E-state index is -0.331. The minimum Gasteiger partial charge on any atom is -0.394 e. The van der Waals surface area contributed by atoms with E-state index in [1.165, 1.54) is 0 Å². The topological polar surface area (TPSA) is 97.0 Å². The van der Waals surface area contributed by atoms with Crippen LogP contribution < -0.4 is 16.2 Å². The molecule has 1 unspecified atom stereocenters. The molecule has 3 N–H and O–H groups in total. The Bertz CT molecular complexity index is 1260. The number of aromatic nitrogens is 4. The first-order valence-electron chi connectivity index (χ1n) is 11.1. The maximum Gasteiger partial charge on any atom is 0.278 e. The highest BCUT2D eigenvalue weighted by molar-refractivity contribution is 7.08. The zero-order valence-corrected chi connectivity index (χ0v) is 20.7. The molecule has 0 radical (unpaired) electrons.